The first-order valence-electron chi connectivity index (χ1n) is 13.9. The van der Waals surface area contributed by atoms with E-state index in [1.807, 2.05) is 6.92 Å². The Morgan fingerprint density at radius 1 is 0.907 bits per heavy atom. The number of hydrogen-bond acceptors (Lipinski definition) is 6. The molecule has 43 heavy (non-hydrogen) atoms. The summed E-state index contributed by atoms with van der Waals surface area (Å²) in [4.78, 5) is 28.9. The zero-order valence-corrected chi connectivity index (χ0v) is 27.0. The van der Waals surface area contributed by atoms with Gasteiger partial charge in [0.15, 0.2) is 0 Å². The van der Waals surface area contributed by atoms with Crippen LogP contribution in [0.1, 0.15) is 38.7 Å². The number of ether oxygens (including phenoxy) is 2. The van der Waals surface area contributed by atoms with Gasteiger partial charge in [0.2, 0.25) is 11.8 Å². The van der Waals surface area contributed by atoms with Gasteiger partial charge in [-0.3, -0.25) is 13.9 Å². The first kappa shape index (κ1) is 34.0. The molecule has 0 radical (unpaired) electrons. The van der Waals surface area contributed by atoms with E-state index >= 15 is 0 Å². The third-order valence-corrected chi connectivity index (χ3v) is 9.37. The third kappa shape index (κ3) is 8.34. The van der Waals surface area contributed by atoms with Gasteiger partial charge in [-0.25, -0.2) is 8.42 Å². The highest BCUT2D eigenvalue weighted by Gasteiger charge is 2.35. The van der Waals surface area contributed by atoms with Crippen LogP contribution in [-0.4, -0.2) is 58.5 Å². The highest BCUT2D eigenvalue weighted by molar-refractivity contribution is 7.92. The van der Waals surface area contributed by atoms with Crippen molar-refractivity contribution in [1.29, 1.82) is 0 Å². The second kappa shape index (κ2) is 15.8. The smallest absolute Gasteiger partial charge is 0.264 e. The van der Waals surface area contributed by atoms with Crippen molar-refractivity contribution in [2.24, 2.45) is 0 Å². The number of amides is 2. The Morgan fingerprint density at radius 3 is 2.14 bits per heavy atom. The average molecular weight is 651 g/mol. The number of unbranched alkanes of at least 4 members (excludes halogenated alkanes) is 1. The standard InChI is InChI=1S/C31H37Cl2N3O6S/c1-5-7-19-34-31(38)27(6-2)35(20-24-25(32)11-10-12-26(24)33)30(37)21-36(28-13-8-9-14-29(28)42-4)43(39,40)23-17-15-22(41-3)16-18-23/h8-18,27H,5-7,19-21H2,1-4H3,(H,34,38). The number of nitrogens with one attached hydrogen (secondary N) is 1. The molecule has 3 aromatic rings. The molecule has 0 aliphatic carbocycles. The number of carbonyl (C=O) groups is 2. The second-order valence-corrected chi connectivity index (χ2v) is 12.3. The fourth-order valence-electron chi connectivity index (χ4n) is 4.50. The van der Waals surface area contributed by atoms with Gasteiger partial charge in [0, 0.05) is 28.7 Å². The van der Waals surface area contributed by atoms with E-state index in [-0.39, 0.29) is 35.2 Å². The number of benzene rings is 3. The molecule has 0 bridgehead atoms. The van der Waals surface area contributed by atoms with E-state index in [9.17, 15) is 18.0 Å². The van der Waals surface area contributed by atoms with Crippen molar-refractivity contribution in [3.05, 3.63) is 82.3 Å². The number of sulfonamides is 1. The summed E-state index contributed by atoms with van der Waals surface area (Å²) in [5, 5.41) is 3.53. The molecule has 1 N–H and O–H groups in total. The number of hydrogen-bond donors (Lipinski definition) is 1. The molecule has 9 nitrogen and oxygen atoms in total. The Labute approximate surface area is 263 Å². The molecule has 0 heterocycles. The molecule has 3 rings (SSSR count). The minimum atomic E-state index is -4.30. The lowest BCUT2D eigenvalue weighted by atomic mass is 10.1. The number of para-hydroxylation sites is 2. The van der Waals surface area contributed by atoms with Crippen LogP contribution in [0.4, 0.5) is 5.69 Å². The predicted octanol–water partition coefficient (Wildman–Crippen LogP) is 5.93. The largest absolute Gasteiger partial charge is 0.497 e. The molecule has 0 aliphatic heterocycles. The van der Waals surface area contributed by atoms with Gasteiger partial charge >= 0.3 is 0 Å². The molecular formula is C31H37Cl2N3O6S. The summed E-state index contributed by atoms with van der Waals surface area (Å²) in [7, 11) is -1.41. The molecule has 0 aromatic heterocycles. The Bertz CT molecular complexity index is 1480. The quantitative estimate of drug-likeness (QED) is 0.205. The van der Waals surface area contributed by atoms with Gasteiger partial charge in [-0.15, -0.1) is 0 Å². The Hall–Kier alpha value is -3.47. The second-order valence-electron chi connectivity index (χ2n) is 9.65. The predicted molar refractivity (Wildman–Crippen MR) is 170 cm³/mol. The maximum atomic E-state index is 14.3. The Balaban J connectivity index is 2.11. The molecule has 12 heteroatoms. The normalized spacial score (nSPS) is 11.9. The molecule has 0 saturated carbocycles. The topological polar surface area (TPSA) is 105 Å². The van der Waals surface area contributed by atoms with Crippen LogP contribution in [0, 0.1) is 0 Å². The van der Waals surface area contributed by atoms with Crippen LogP contribution in [0.15, 0.2) is 71.6 Å². The molecule has 232 valence electrons. The minimum absolute atomic E-state index is 0.0583. The van der Waals surface area contributed by atoms with E-state index in [1.165, 1.54) is 43.4 Å². The number of methoxy groups -OCH3 is 2. The van der Waals surface area contributed by atoms with Gasteiger partial charge in [-0.1, -0.05) is 61.7 Å². The SMILES string of the molecule is CCCCNC(=O)C(CC)N(Cc1c(Cl)cccc1Cl)C(=O)CN(c1ccccc1OC)S(=O)(=O)c1ccc(OC)cc1. The summed E-state index contributed by atoms with van der Waals surface area (Å²) < 4.78 is 39.9. The molecule has 2 amide bonds. The molecular weight excluding hydrogens is 613 g/mol. The van der Waals surface area contributed by atoms with Gasteiger partial charge in [-0.05, 0) is 61.4 Å². The summed E-state index contributed by atoms with van der Waals surface area (Å²) in [6, 6.07) is 16.4. The summed E-state index contributed by atoms with van der Waals surface area (Å²) in [5.41, 5.74) is 0.603. The van der Waals surface area contributed by atoms with Crippen molar-refractivity contribution in [2.45, 2.75) is 50.6 Å². The number of rotatable bonds is 15. The molecule has 0 aliphatic rings. The number of anilines is 1. The first-order chi connectivity index (χ1) is 20.6. The van der Waals surface area contributed by atoms with Gasteiger partial charge < -0.3 is 19.7 Å². The lowest BCUT2D eigenvalue weighted by Gasteiger charge is -2.33. The molecule has 1 atom stereocenters. The van der Waals surface area contributed by atoms with Crippen LogP contribution in [0.5, 0.6) is 11.5 Å². The van der Waals surface area contributed by atoms with E-state index in [2.05, 4.69) is 5.32 Å². The zero-order chi connectivity index (χ0) is 31.6. The van der Waals surface area contributed by atoms with E-state index in [1.54, 1.807) is 49.4 Å². The van der Waals surface area contributed by atoms with Crippen LogP contribution in [-0.2, 0) is 26.2 Å². The summed E-state index contributed by atoms with van der Waals surface area (Å²) in [5.74, 6) is -0.259. The molecule has 3 aromatic carbocycles. The van der Waals surface area contributed by atoms with Gasteiger partial charge in [0.1, 0.15) is 24.1 Å². The van der Waals surface area contributed by atoms with Crippen LogP contribution in [0.25, 0.3) is 0 Å². The highest BCUT2D eigenvalue weighted by Crippen LogP contribution is 2.33. The molecule has 0 fully saturated rings. The van der Waals surface area contributed by atoms with Crippen LogP contribution < -0.4 is 19.1 Å². The van der Waals surface area contributed by atoms with Crippen LogP contribution in [0.3, 0.4) is 0 Å². The number of halogens is 2. The van der Waals surface area contributed by atoms with E-state index in [4.69, 9.17) is 32.7 Å². The number of carbonyl (C=O) groups excluding carboxylic acids is 2. The van der Waals surface area contributed by atoms with Crippen LogP contribution >= 0.6 is 23.2 Å². The lowest BCUT2D eigenvalue weighted by molar-refractivity contribution is -0.140. The molecule has 0 saturated heterocycles. The van der Waals surface area contributed by atoms with Gasteiger partial charge in [0.25, 0.3) is 10.0 Å². The summed E-state index contributed by atoms with van der Waals surface area (Å²) in [6.45, 7) is 3.49. The van der Waals surface area contributed by atoms with Crippen molar-refractivity contribution in [1.82, 2.24) is 10.2 Å². The zero-order valence-electron chi connectivity index (χ0n) is 24.7. The molecule has 0 spiro atoms. The van der Waals surface area contributed by atoms with Crippen molar-refractivity contribution in [3.63, 3.8) is 0 Å². The Kier molecular flexibility index (Phi) is 12.5. The van der Waals surface area contributed by atoms with E-state index < -0.39 is 28.5 Å². The summed E-state index contributed by atoms with van der Waals surface area (Å²) in [6.07, 6.45) is 1.92. The average Bonchev–Trinajstić information content (AvgIpc) is 3.01. The highest BCUT2D eigenvalue weighted by atomic mass is 35.5. The maximum absolute atomic E-state index is 14.3. The van der Waals surface area contributed by atoms with E-state index in [0.717, 1.165) is 17.1 Å². The fourth-order valence-corrected chi connectivity index (χ4v) is 6.45. The maximum Gasteiger partial charge on any atom is 0.264 e. The van der Waals surface area contributed by atoms with Crippen molar-refractivity contribution in [2.75, 3.05) is 31.6 Å². The monoisotopic (exact) mass is 649 g/mol. The third-order valence-electron chi connectivity index (χ3n) is 6.89. The van der Waals surface area contributed by atoms with E-state index in [0.29, 0.717) is 27.9 Å². The Morgan fingerprint density at radius 2 is 1.56 bits per heavy atom. The summed E-state index contributed by atoms with van der Waals surface area (Å²) >= 11 is 12.9. The lowest BCUT2D eigenvalue weighted by Crippen LogP contribution is -2.52. The van der Waals surface area contributed by atoms with Crippen molar-refractivity contribution in [3.8, 4) is 11.5 Å². The van der Waals surface area contributed by atoms with Gasteiger partial charge in [-0.2, -0.15) is 0 Å². The minimum Gasteiger partial charge on any atom is -0.497 e. The first-order valence-corrected chi connectivity index (χ1v) is 16.1. The van der Waals surface area contributed by atoms with Crippen molar-refractivity contribution < 1.29 is 27.5 Å². The number of nitrogens with zero attached hydrogens (tertiary/aromatic N) is 2. The fraction of sp³-hybridized carbons (Fsp3) is 0.355. The van der Waals surface area contributed by atoms with Gasteiger partial charge in [0.05, 0.1) is 24.8 Å². The van der Waals surface area contributed by atoms with Crippen molar-refractivity contribution >= 4 is 50.7 Å². The molecule has 1 unspecified atom stereocenters. The van der Waals surface area contributed by atoms with Crippen LogP contribution in [0.2, 0.25) is 10.0 Å².